The van der Waals surface area contributed by atoms with E-state index in [0.717, 1.165) is 0 Å². The molecule has 0 unspecified atom stereocenters. The highest BCUT2D eigenvalue weighted by atomic mass is 32.2. The minimum Gasteiger partial charge on any atom is -0.463 e. The van der Waals surface area contributed by atoms with Gasteiger partial charge in [-0.15, -0.1) is 0 Å². The van der Waals surface area contributed by atoms with Crippen molar-refractivity contribution in [1.29, 1.82) is 0 Å². The van der Waals surface area contributed by atoms with Crippen LogP contribution in [0.4, 0.5) is 4.79 Å². The molecule has 0 aromatic heterocycles. The number of carbonyl (C=O) groups excluding carboxylic acids is 3. The lowest BCUT2D eigenvalue weighted by Gasteiger charge is -2.26. The lowest BCUT2D eigenvalue weighted by atomic mass is 9.95. The van der Waals surface area contributed by atoms with Gasteiger partial charge in [-0.05, 0) is 27.2 Å². The Bertz CT molecular complexity index is 644. The molecule has 2 N–H and O–H groups in total. The van der Waals surface area contributed by atoms with Gasteiger partial charge in [-0.25, -0.2) is 9.59 Å². The van der Waals surface area contributed by atoms with Gasteiger partial charge in [0, 0.05) is 25.4 Å². The van der Waals surface area contributed by atoms with Gasteiger partial charge in [-0.3, -0.25) is 8.98 Å². The third kappa shape index (κ3) is 11.8. The molecule has 0 aliphatic heterocycles. The average molecular weight is 425 g/mol. The summed E-state index contributed by atoms with van der Waals surface area (Å²) in [5.41, 5.74) is -2.16. The van der Waals surface area contributed by atoms with Crippen molar-refractivity contribution in [3.05, 3.63) is 0 Å². The highest BCUT2D eigenvalue weighted by Crippen LogP contribution is 2.17. The van der Waals surface area contributed by atoms with Gasteiger partial charge in [-0.2, -0.15) is 8.42 Å². The third-order valence-corrected chi connectivity index (χ3v) is 4.67. The molecule has 0 bridgehead atoms. The lowest BCUT2D eigenvalue weighted by Crippen LogP contribution is -2.44. The van der Waals surface area contributed by atoms with Crippen molar-refractivity contribution in [3.8, 4) is 0 Å². The van der Waals surface area contributed by atoms with E-state index in [9.17, 15) is 22.8 Å². The number of amides is 2. The van der Waals surface area contributed by atoms with Gasteiger partial charge in [0.05, 0.1) is 19.0 Å². The van der Waals surface area contributed by atoms with Crippen LogP contribution in [-0.4, -0.2) is 64.0 Å². The minimum absolute atomic E-state index is 0.0617. The van der Waals surface area contributed by atoms with Crippen molar-refractivity contribution in [2.45, 2.75) is 53.6 Å². The summed E-state index contributed by atoms with van der Waals surface area (Å²) in [4.78, 5) is 34.4. The molecule has 0 spiro atoms. The van der Waals surface area contributed by atoms with Crippen LogP contribution in [0.1, 0.15) is 48.0 Å². The van der Waals surface area contributed by atoms with Gasteiger partial charge < -0.3 is 20.1 Å². The van der Waals surface area contributed by atoms with Crippen molar-refractivity contribution in [1.82, 2.24) is 10.6 Å². The fourth-order valence-electron chi connectivity index (χ4n) is 1.80. The molecule has 0 radical (unpaired) electrons. The molecular formula is C17H32N2O8S. The SMILES string of the molecule is CCOC(=O)C(C)(C)OC(=O)NCC(C)(C)COS(=O)(=O)CCCNC(C)=O. The van der Waals surface area contributed by atoms with Crippen LogP contribution >= 0.6 is 0 Å². The number of esters is 1. The number of hydrogen-bond donors (Lipinski definition) is 2. The smallest absolute Gasteiger partial charge is 0.408 e. The van der Waals surface area contributed by atoms with Crippen LogP contribution in [-0.2, 0) is 33.4 Å². The maximum absolute atomic E-state index is 11.9. The van der Waals surface area contributed by atoms with Crippen LogP contribution in [0.25, 0.3) is 0 Å². The molecule has 0 heterocycles. The molecule has 0 fully saturated rings. The number of alkyl carbamates (subject to hydrolysis) is 1. The Morgan fingerprint density at radius 1 is 1.04 bits per heavy atom. The molecule has 0 saturated carbocycles. The van der Waals surface area contributed by atoms with E-state index in [1.165, 1.54) is 20.8 Å². The predicted octanol–water partition coefficient (Wildman–Crippen LogP) is 0.953. The number of carbonyl (C=O) groups is 3. The first-order valence-electron chi connectivity index (χ1n) is 8.96. The summed E-state index contributed by atoms with van der Waals surface area (Å²) in [7, 11) is -3.75. The van der Waals surface area contributed by atoms with E-state index in [4.69, 9.17) is 13.7 Å². The van der Waals surface area contributed by atoms with Crippen molar-refractivity contribution in [3.63, 3.8) is 0 Å². The normalized spacial score (nSPS) is 12.2. The molecule has 2 amide bonds. The van der Waals surface area contributed by atoms with Crippen LogP contribution in [0.15, 0.2) is 0 Å². The monoisotopic (exact) mass is 424 g/mol. The second kappa shape index (κ2) is 11.2. The van der Waals surface area contributed by atoms with Gasteiger partial charge in [-0.1, -0.05) is 13.8 Å². The number of hydrogen-bond acceptors (Lipinski definition) is 8. The Labute approximate surface area is 166 Å². The predicted molar refractivity (Wildman–Crippen MR) is 102 cm³/mol. The number of rotatable bonds is 12. The molecule has 0 aromatic carbocycles. The zero-order chi connectivity index (χ0) is 22.0. The number of nitrogens with one attached hydrogen (secondary N) is 2. The second-order valence-corrected chi connectivity index (χ2v) is 9.26. The van der Waals surface area contributed by atoms with E-state index >= 15 is 0 Å². The summed E-state index contributed by atoms with van der Waals surface area (Å²) >= 11 is 0. The van der Waals surface area contributed by atoms with Gasteiger partial charge in [0.1, 0.15) is 0 Å². The first-order valence-corrected chi connectivity index (χ1v) is 10.5. The van der Waals surface area contributed by atoms with Crippen LogP contribution in [0, 0.1) is 5.41 Å². The maximum atomic E-state index is 11.9. The Morgan fingerprint density at radius 3 is 2.18 bits per heavy atom. The van der Waals surface area contributed by atoms with Gasteiger partial charge in [0.15, 0.2) is 0 Å². The van der Waals surface area contributed by atoms with E-state index in [2.05, 4.69) is 10.6 Å². The van der Waals surface area contributed by atoms with Crippen LogP contribution in [0.5, 0.6) is 0 Å². The molecule has 11 heteroatoms. The van der Waals surface area contributed by atoms with E-state index < -0.39 is 33.2 Å². The zero-order valence-corrected chi connectivity index (χ0v) is 18.2. The summed E-state index contributed by atoms with van der Waals surface area (Å²) in [5.74, 6) is -1.13. The topological polar surface area (TPSA) is 137 Å². The van der Waals surface area contributed by atoms with E-state index in [1.54, 1.807) is 20.8 Å². The quantitative estimate of drug-likeness (QED) is 0.268. The van der Waals surface area contributed by atoms with Crippen molar-refractivity contribution < 1.29 is 36.5 Å². The van der Waals surface area contributed by atoms with Crippen LogP contribution in [0.2, 0.25) is 0 Å². The molecule has 10 nitrogen and oxygen atoms in total. The highest BCUT2D eigenvalue weighted by molar-refractivity contribution is 7.86. The zero-order valence-electron chi connectivity index (χ0n) is 17.4. The summed E-state index contributed by atoms with van der Waals surface area (Å²) in [5, 5.41) is 4.99. The molecular weight excluding hydrogens is 392 g/mol. The summed E-state index contributed by atoms with van der Waals surface area (Å²) in [6.45, 7) is 9.53. The summed E-state index contributed by atoms with van der Waals surface area (Å²) < 4.78 is 38.7. The van der Waals surface area contributed by atoms with Crippen molar-refractivity contribution in [2.75, 3.05) is 32.1 Å². The number of ether oxygens (including phenoxy) is 2. The van der Waals surface area contributed by atoms with Gasteiger partial charge >= 0.3 is 12.1 Å². The first-order chi connectivity index (χ1) is 12.7. The van der Waals surface area contributed by atoms with Crippen molar-refractivity contribution in [2.24, 2.45) is 5.41 Å². The van der Waals surface area contributed by atoms with E-state index in [-0.39, 0.29) is 44.4 Å². The lowest BCUT2D eigenvalue weighted by molar-refractivity contribution is -0.161. The van der Waals surface area contributed by atoms with E-state index in [0.29, 0.717) is 0 Å². The molecule has 0 aromatic rings. The molecule has 0 saturated heterocycles. The average Bonchev–Trinajstić information content (AvgIpc) is 2.55. The Hall–Kier alpha value is -1.88. The molecule has 164 valence electrons. The fraction of sp³-hybridized carbons (Fsp3) is 0.824. The Morgan fingerprint density at radius 2 is 1.64 bits per heavy atom. The molecule has 0 atom stereocenters. The summed E-state index contributed by atoms with van der Waals surface area (Å²) in [6.07, 6.45) is -0.597. The third-order valence-electron chi connectivity index (χ3n) is 3.40. The Balaban J connectivity index is 4.40. The Kier molecular flexibility index (Phi) is 10.4. The molecule has 0 aliphatic rings. The van der Waals surface area contributed by atoms with Gasteiger partial charge in [0.25, 0.3) is 10.1 Å². The molecule has 0 aliphatic carbocycles. The van der Waals surface area contributed by atoms with E-state index in [1.807, 2.05) is 0 Å². The fourth-order valence-corrected chi connectivity index (χ4v) is 2.91. The highest BCUT2D eigenvalue weighted by Gasteiger charge is 2.34. The standard InChI is InChI=1S/C17H32N2O8S/c1-7-25-14(21)17(5,6)27-15(22)19-11-16(3,4)12-26-28(23,24)10-8-9-18-13(2)20/h7-12H2,1-6H3,(H,18,20)(H,19,22). The summed E-state index contributed by atoms with van der Waals surface area (Å²) in [6, 6.07) is 0. The second-order valence-electron chi connectivity index (χ2n) is 7.50. The first kappa shape index (κ1) is 26.1. The maximum Gasteiger partial charge on any atom is 0.408 e. The molecule has 28 heavy (non-hydrogen) atoms. The van der Waals surface area contributed by atoms with Crippen molar-refractivity contribution >= 4 is 28.1 Å². The van der Waals surface area contributed by atoms with Gasteiger partial charge in [0.2, 0.25) is 11.5 Å². The largest absolute Gasteiger partial charge is 0.463 e. The van der Waals surface area contributed by atoms with Crippen LogP contribution in [0.3, 0.4) is 0 Å². The van der Waals surface area contributed by atoms with Crippen LogP contribution < -0.4 is 10.6 Å². The minimum atomic E-state index is -3.75. The molecule has 0 rings (SSSR count).